The van der Waals surface area contributed by atoms with Crippen molar-refractivity contribution in [1.82, 2.24) is 0 Å². The molecule has 21 heavy (non-hydrogen) atoms. The van der Waals surface area contributed by atoms with Gasteiger partial charge in [-0.05, 0) is 36.4 Å². The topological polar surface area (TPSA) is 41.1 Å². The minimum absolute atomic E-state index is 0.102. The first-order valence-electron chi connectivity index (χ1n) is 6.29. The predicted molar refractivity (Wildman–Crippen MR) is 89.7 cm³/mol. The standard InChI is InChI=1S/C15H13Cl3N2O/c16-10-2-1-3-12(8-10)20-15(21)6-7-19-14-5-4-11(17)9-13(14)18/h1-5,8-9,19H,6-7H2,(H,20,21). The van der Waals surface area contributed by atoms with E-state index >= 15 is 0 Å². The van der Waals surface area contributed by atoms with Gasteiger partial charge < -0.3 is 10.6 Å². The normalized spacial score (nSPS) is 10.2. The SMILES string of the molecule is O=C(CCNc1ccc(Cl)cc1Cl)Nc1cccc(Cl)c1. The Bertz CT molecular complexity index is 647. The zero-order valence-corrected chi connectivity index (χ0v) is 13.3. The Morgan fingerprint density at radius 3 is 2.48 bits per heavy atom. The van der Waals surface area contributed by atoms with Crippen molar-refractivity contribution in [3.63, 3.8) is 0 Å². The van der Waals surface area contributed by atoms with Gasteiger partial charge in [0.05, 0.1) is 10.7 Å². The van der Waals surface area contributed by atoms with Gasteiger partial charge in [-0.2, -0.15) is 0 Å². The minimum atomic E-state index is -0.102. The number of carbonyl (C=O) groups is 1. The molecule has 0 atom stereocenters. The fourth-order valence-corrected chi connectivity index (χ4v) is 2.40. The van der Waals surface area contributed by atoms with E-state index in [2.05, 4.69) is 10.6 Å². The number of amides is 1. The van der Waals surface area contributed by atoms with Gasteiger partial charge in [0.15, 0.2) is 0 Å². The van der Waals surface area contributed by atoms with Crippen molar-refractivity contribution < 1.29 is 4.79 Å². The van der Waals surface area contributed by atoms with Crippen LogP contribution in [0, 0.1) is 0 Å². The van der Waals surface area contributed by atoms with E-state index in [1.807, 2.05) is 0 Å². The third-order valence-electron chi connectivity index (χ3n) is 2.71. The highest BCUT2D eigenvalue weighted by molar-refractivity contribution is 6.36. The molecule has 2 rings (SSSR count). The maximum atomic E-state index is 11.8. The van der Waals surface area contributed by atoms with Gasteiger partial charge in [-0.3, -0.25) is 4.79 Å². The number of anilines is 2. The number of carbonyl (C=O) groups excluding carboxylic acids is 1. The highest BCUT2D eigenvalue weighted by atomic mass is 35.5. The van der Waals surface area contributed by atoms with E-state index in [0.717, 1.165) is 5.69 Å². The van der Waals surface area contributed by atoms with Crippen molar-refractivity contribution in [2.75, 3.05) is 17.2 Å². The highest BCUT2D eigenvalue weighted by Crippen LogP contribution is 2.25. The smallest absolute Gasteiger partial charge is 0.226 e. The van der Waals surface area contributed by atoms with Crippen LogP contribution in [-0.2, 0) is 4.79 Å². The molecule has 3 nitrogen and oxygen atoms in total. The quantitative estimate of drug-likeness (QED) is 0.794. The summed E-state index contributed by atoms with van der Waals surface area (Å²) in [5.74, 6) is -0.102. The molecule has 0 unspecified atom stereocenters. The molecule has 6 heteroatoms. The zero-order chi connectivity index (χ0) is 15.2. The van der Waals surface area contributed by atoms with Crippen LogP contribution >= 0.6 is 34.8 Å². The fourth-order valence-electron chi connectivity index (χ4n) is 1.73. The second kappa shape index (κ2) is 7.55. The first-order chi connectivity index (χ1) is 10.0. The average Bonchev–Trinajstić information content (AvgIpc) is 2.41. The molecule has 0 aliphatic carbocycles. The Morgan fingerprint density at radius 1 is 1.00 bits per heavy atom. The molecule has 0 bridgehead atoms. The van der Waals surface area contributed by atoms with Crippen molar-refractivity contribution in [1.29, 1.82) is 0 Å². The maximum Gasteiger partial charge on any atom is 0.226 e. The van der Waals surface area contributed by atoms with Gasteiger partial charge in [0.1, 0.15) is 0 Å². The van der Waals surface area contributed by atoms with Crippen LogP contribution < -0.4 is 10.6 Å². The van der Waals surface area contributed by atoms with Gasteiger partial charge in [0.2, 0.25) is 5.91 Å². The van der Waals surface area contributed by atoms with Crippen LogP contribution in [-0.4, -0.2) is 12.5 Å². The van der Waals surface area contributed by atoms with Crippen molar-refractivity contribution in [2.45, 2.75) is 6.42 Å². The maximum absolute atomic E-state index is 11.8. The zero-order valence-electron chi connectivity index (χ0n) is 11.0. The van der Waals surface area contributed by atoms with Crippen LogP contribution in [0.5, 0.6) is 0 Å². The van der Waals surface area contributed by atoms with Gasteiger partial charge in [-0.15, -0.1) is 0 Å². The molecular weight excluding hydrogens is 331 g/mol. The number of halogens is 3. The monoisotopic (exact) mass is 342 g/mol. The number of rotatable bonds is 5. The van der Waals surface area contributed by atoms with Crippen molar-refractivity contribution >= 4 is 52.1 Å². The molecule has 2 aromatic carbocycles. The molecule has 0 radical (unpaired) electrons. The summed E-state index contributed by atoms with van der Waals surface area (Å²) in [5, 5.41) is 7.55. The molecule has 0 aliphatic rings. The molecule has 0 aliphatic heterocycles. The summed E-state index contributed by atoms with van der Waals surface area (Å²) in [6, 6.07) is 12.2. The van der Waals surface area contributed by atoms with Crippen LogP contribution in [0.15, 0.2) is 42.5 Å². The molecule has 110 valence electrons. The largest absolute Gasteiger partial charge is 0.383 e. The summed E-state index contributed by atoms with van der Waals surface area (Å²) in [4.78, 5) is 11.8. The number of nitrogens with one attached hydrogen (secondary N) is 2. The number of benzene rings is 2. The Hall–Kier alpha value is -1.42. The second-order valence-corrected chi connectivity index (χ2v) is 5.64. The van der Waals surface area contributed by atoms with Crippen LogP contribution in [0.4, 0.5) is 11.4 Å². The highest BCUT2D eigenvalue weighted by Gasteiger charge is 2.04. The van der Waals surface area contributed by atoms with Gasteiger partial charge in [0.25, 0.3) is 0 Å². The van der Waals surface area contributed by atoms with Crippen LogP contribution in [0.2, 0.25) is 15.1 Å². The molecule has 2 aromatic rings. The Labute approximate surface area is 138 Å². The van der Waals surface area contributed by atoms with Gasteiger partial charge in [-0.1, -0.05) is 40.9 Å². The third kappa shape index (κ3) is 5.12. The van der Waals surface area contributed by atoms with Gasteiger partial charge in [-0.25, -0.2) is 0 Å². The molecule has 0 aromatic heterocycles. The lowest BCUT2D eigenvalue weighted by Crippen LogP contribution is -2.16. The molecule has 0 saturated heterocycles. The second-order valence-electron chi connectivity index (χ2n) is 4.36. The van der Waals surface area contributed by atoms with Crippen LogP contribution in [0.3, 0.4) is 0 Å². The summed E-state index contributed by atoms with van der Waals surface area (Å²) in [6.45, 7) is 0.466. The summed E-state index contributed by atoms with van der Waals surface area (Å²) in [6.07, 6.45) is 0.311. The molecule has 0 spiro atoms. The first-order valence-corrected chi connectivity index (χ1v) is 7.42. The molecule has 0 heterocycles. The molecule has 2 N–H and O–H groups in total. The minimum Gasteiger partial charge on any atom is -0.383 e. The predicted octanol–water partition coefficient (Wildman–Crippen LogP) is 5.09. The van der Waals surface area contributed by atoms with Gasteiger partial charge >= 0.3 is 0 Å². The lowest BCUT2D eigenvalue weighted by Gasteiger charge is -2.09. The van der Waals surface area contributed by atoms with E-state index in [1.165, 1.54) is 0 Å². The van der Waals surface area contributed by atoms with E-state index in [1.54, 1.807) is 42.5 Å². The molecule has 0 saturated carbocycles. The number of hydrogen-bond acceptors (Lipinski definition) is 2. The lowest BCUT2D eigenvalue weighted by molar-refractivity contribution is -0.115. The summed E-state index contributed by atoms with van der Waals surface area (Å²) in [7, 11) is 0. The lowest BCUT2D eigenvalue weighted by atomic mass is 10.3. The third-order valence-corrected chi connectivity index (χ3v) is 3.49. The molecule has 1 amide bonds. The van der Waals surface area contributed by atoms with Crippen molar-refractivity contribution in [3.8, 4) is 0 Å². The van der Waals surface area contributed by atoms with Crippen LogP contribution in [0.1, 0.15) is 6.42 Å². The number of hydrogen-bond donors (Lipinski definition) is 2. The van der Waals surface area contributed by atoms with E-state index in [-0.39, 0.29) is 5.91 Å². The van der Waals surface area contributed by atoms with E-state index in [9.17, 15) is 4.79 Å². The Kier molecular flexibility index (Phi) is 5.74. The first kappa shape index (κ1) is 16.0. The summed E-state index contributed by atoms with van der Waals surface area (Å²) >= 11 is 17.7. The Morgan fingerprint density at radius 2 is 1.76 bits per heavy atom. The molecule has 0 fully saturated rings. The van der Waals surface area contributed by atoms with Crippen LogP contribution in [0.25, 0.3) is 0 Å². The fraction of sp³-hybridized carbons (Fsp3) is 0.133. The summed E-state index contributed by atoms with van der Waals surface area (Å²) < 4.78 is 0. The molecular formula is C15H13Cl3N2O. The van der Waals surface area contributed by atoms with E-state index in [4.69, 9.17) is 34.8 Å². The van der Waals surface area contributed by atoms with E-state index < -0.39 is 0 Å². The Balaban J connectivity index is 1.81. The summed E-state index contributed by atoms with van der Waals surface area (Å²) in [5.41, 5.74) is 1.42. The van der Waals surface area contributed by atoms with Crippen molar-refractivity contribution in [2.24, 2.45) is 0 Å². The van der Waals surface area contributed by atoms with Gasteiger partial charge in [0, 0.05) is 28.7 Å². The average molecular weight is 344 g/mol. The van der Waals surface area contributed by atoms with Crippen molar-refractivity contribution in [3.05, 3.63) is 57.5 Å². The van der Waals surface area contributed by atoms with E-state index in [0.29, 0.717) is 33.7 Å².